The number of carbonyl (C=O) groups is 2. The van der Waals surface area contributed by atoms with Crippen LogP contribution < -0.4 is 10.6 Å². The highest BCUT2D eigenvalue weighted by molar-refractivity contribution is 7.99. The number of thioether (sulfide) groups is 1. The molecule has 144 valence electrons. The summed E-state index contributed by atoms with van der Waals surface area (Å²) in [7, 11) is 0. The van der Waals surface area contributed by atoms with E-state index in [2.05, 4.69) is 20.8 Å². The van der Waals surface area contributed by atoms with Crippen LogP contribution in [0.5, 0.6) is 0 Å². The third-order valence-corrected chi connectivity index (χ3v) is 4.67. The Labute approximate surface area is 170 Å². The third kappa shape index (κ3) is 6.11. The van der Waals surface area contributed by atoms with Gasteiger partial charge in [-0.25, -0.2) is 0 Å². The standard InChI is InChI=1S/C19H17ClN4O3S/c20-15-8-6-14(7-9-15)18-23-24-19(27-18)28-12-17(26)22-11-16(25)21-10-13-4-2-1-3-5-13/h1-9H,10-12H2,(H,21,25)(H,22,26). The smallest absolute Gasteiger partial charge is 0.277 e. The number of carbonyl (C=O) groups excluding carboxylic acids is 2. The Morgan fingerprint density at radius 3 is 2.46 bits per heavy atom. The van der Waals surface area contributed by atoms with E-state index < -0.39 is 0 Å². The van der Waals surface area contributed by atoms with Crippen LogP contribution in [0.2, 0.25) is 5.02 Å². The topological polar surface area (TPSA) is 97.1 Å². The van der Waals surface area contributed by atoms with Crippen molar-refractivity contribution in [1.82, 2.24) is 20.8 Å². The lowest BCUT2D eigenvalue weighted by Gasteiger charge is -2.06. The van der Waals surface area contributed by atoms with Gasteiger partial charge in [0.2, 0.25) is 17.7 Å². The van der Waals surface area contributed by atoms with E-state index in [0.29, 0.717) is 17.5 Å². The van der Waals surface area contributed by atoms with E-state index in [1.54, 1.807) is 24.3 Å². The van der Waals surface area contributed by atoms with E-state index >= 15 is 0 Å². The van der Waals surface area contributed by atoms with Crippen molar-refractivity contribution in [2.45, 2.75) is 11.8 Å². The molecule has 0 bridgehead atoms. The van der Waals surface area contributed by atoms with Crippen molar-refractivity contribution in [2.24, 2.45) is 0 Å². The zero-order valence-corrected chi connectivity index (χ0v) is 16.3. The molecule has 0 fully saturated rings. The Kier molecular flexibility index (Phi) is 7.05. The highest BCUT2D eigenvalue weighted by Crippen LogP contribution is 2.24. The lowest BCUT2D eigenvalue weighted by molar-refractivity contribution is -0.124. The number of halogens is 1. The lowest BCUT2D eigenvalue weighted by atomic mass is 10.2. The number of nitrogens with zero attached hydrogens (tertiary/aromatic N) is 2. The Morgan fingerprint density at radius 2 is 1.71 bits per heavy atom. The van der Waals surface area contributed by atoms with Crippen LogP contribution in [0.25, 0.3) is 11.5 Å². The molecule has 0 atom stereocenters. The quantitative estimate of drug-likeness (QED) is 0.548. The van der Waals surface area contributed by atoms with E-state index in [4.69, 9.17) is 16.0 Å². The number of benzene rings is 2. The first-order valence-corrected chi connectivity index (χ1v) is 9.76. The van der Waals surface area contributed by atoms with Gasteiger partial charge >= 0.3 is 0 Å². The first kappa shape index (κ1) is 19.9. The van der Waals surface area contributed by atoms with E-state index in [1.807, 2.05) is 30.3 Å². The molecular weight excluding hydrogens is 400 g/mol. The van der Waals surface area contributed by atoms with Crippen LogP contribution in [0.3, 0.4) is 0 Å². The van der Waals surface area contributed by atoms with Gasteiger partial charge < -0.3 is 15.1 Å². The fraction of sp³-hybridized carbons (Fsp3) is 0.158. The van der Waals surface area contributed by atoms with E-state index in [1.165, 1.54) is 0 Å². The van der Waals surface area contributed by atoms with Crippen LogP contribution >= 0.6 is 23.4 Å². The molecule has 0 aliphatic rings. The van der Waals surface area contributed by atoms with Crippen LogP contribution in [0.1, 0.15) is 5.56 Å². The SMILES string of the molecule is O=C(CNC(=O)CSc1nnc(-c2ccc(Cl)cc2)o1)NCc1ccccc1. The molecule has 0 saturated carbocycles. The Morgan fingerprint density at radius 1 is 0.964 bits per heavy atom. The number of hydrogen-bond donors (Lipinski definition) is 2. The van der Waals surface area contributed by atoms with Gasteiger partial charge in [0, 0.05) is 17.1 Å². The van der Waals surface area contributed by atoms with Gasteiger partial charge in [-0.3, -0.25) is 9.59 Å². The van der Waals surface area contributed by atoms with Gasteiger partial charge in [0.25, 0.3) is 5.22 Å². The summed E-state index contributed by atoms with van der Waals surface area (Å²) in [5.41, 5.74) is 1.73. The fourth-order valence-electron chi connectivity index (χ4n) is 2.19. The van der Waals surface area contributed by atoms with Gasteiger partial charge in [-0.15, -0.1) is 10.2 Å². The summed E-state index contributed by atoms with van der Waals surface area (Å²) >= 11 is 6.95. The number of nitrogens with one attached hydrogen (secondary N) is 2. The number of aromatic nitrogens is 2. The molecule has 2 aromatic carbocycles. The molecule has 2 N–H and O–H groups in total. The molecule has 1 heterocycles. The molecule has 0 aliphatic heterocycles. The molecule has 3 rings (SSSR count). The average Bonchev–Trinajstić information content (AvgIpc) is 3.19. The maximum absolute atomic E-state index is 11.9. The lowest BCUT2D eigenvalue weighted by Crippen LogP contribution is -2.37. The van der Waals surface area contributed by atoms with Crippen molar-refractivity contribution in [3.8, 4) is 11.5 Å². The zero-order valence-electron chi connectivity index (χ0n) is 14.7. The maximum Gasteiger partial charge on any atom is 0.277 e. The second-order valence-electron chi connectivity index (χ2n) is 5.71. The molecule has 1 aromatic heterocycles. The average molecular weight is 417 g/mol. The van der Waals surface area contributed by atoms with E-state index in [-0.39, 0.29) is 29.3 Å². The normalized spacial score (nSPS) is 10.5. The van der Waals surface area contributed by atoms with Crippen LogP contribution in [-0.4, -0.2) is 34.3 Å². The number of hydrogen-bond acceptors (Lipinski definition) is 6. The number of amides is 2. The van der Waals surface area contributed by atoms with Crippen LogP contribution in [0.4, 0.5) is 0 Å². The predicted octanol–water partition coefficient (Wildman–Crippen LogP) is 2.91. The molecule has 0 unspecified atom stereocenters. The van der Waals surface area contributed by atoms with Crippen LogP contribution in [0.15, 0.2) is 64.2 Å². The second kappa shape index (κ2) is 9.91. The van der Waals surface area contributed by atoms with Gasteiger partial charge in [-0.05, 0) is 29.8 Å². The molecule has 28 heavy (non-hydrogen) atoms. The summed E-state index contributed by atoms with van der Waals surface area (Å²) in [4.78, 5) is 23.7. The Bertz CT molecular complexity index is 932. The summed E-state index contributed by atoms with van der Waals surface area (Å²) in [5, 5.41) is 14.0. The largest absolute Gasteiger partial charge is 0.411 e. The van der Waals surface area contributed by atoms with Gasteiger partial charge in [0.05, 0.1) is 12.3 Å². The highest BCUT2D eigenvalue weighted by Gasteiger charge is 2.12. The Hall–Kier alpha value is -2.84. The fourth-order valence-corrected chi connectivity index (χ4v) is 2.91. The highest BCUT2D eigenvalue weighted by atomic mass is 35.5. The molecule has 0 spiro atoms. The summed E-state index contributed by atoms with van der Waals surface area (Å²) in [5.74, 6) is -0.148. The van der Waals surface area contributed by atoms with Crippen LogP contribution in [-0.2, 0) is 16.1 Å². The van der Waals surface area contributed by atoms with Crippen molar-refractivity contribution in [1.29, 1.82) is 0 Å². The first-order valence-electron chi connectivity index (χ1n) is 8.40. The molecule has 0 saturated heterocycles. The monoisotopic (exact) mass is 416 g/mol. The van der Waals surface area contributed by atoms with Crippen molar-refractivity contribution in [3.63, 3.8) is 0 Å². The van der Waals surface area contributed by atoms with Gasteiger partial charge in [0.1, 0.15) is 0 Å². The summed E-state index contributed by atoms with van der Waals surface area (Å²) < 4.78 is 5.51. The molecule has 0 radical (unpaired) electrons. The van der Waals surface area contributed by atoms with Gasteiger partial charge in [-0.2, -0.15) is 0 Å². The van der Waals surface area contributed by atoms with Gasteiger partial charge in [0.15, 0.2) is 0 Å². The van der Waals surface area contributed by atoms with Crippen molar-refractivity contribution in [2.75, 3.05) is 12.3 Å². The van der Waals surface area contributed by atoms with E-state index in [9.17, 15) is 9.59 Å². The molecule has 3 aromatic rings. The summed E-state index contributed by atoms with van der Waals surface area (Å²) in [6, 6.07) is 16.5. The maximum atomic E-state index is 11.9. The van der Waals surface area contributed by atoms with Crippen molar-refractivity contribution < 1.29 is 14.0 Å². The van der Waals surface area contributed by atoms with Crippen molar-refractivity contribution in [3.05, 3.63) is 65.2 Å². The summed E-state index contributed by atoms with van der Waals surface area (Å²) in [6.07, 6.45) is 0. The molecule has 0 aliphatic carbocycles. The van der Waals surface area contributed by atoms with Gasteiger partial charge in [-0.1, -0.05) is 53.7 Å². The first-order chi connectivity index (χ1) is 13.6. The number of rotatable bonds is 8. The van der Waals surface area contributed by atoms with Crippen molar-refractivity contribution >= 4 is 35.2 Å². The van der Waals surface area contributed by atoms with Crippen LogP contribution in [0, 0.1) is 0 Å². The second-order valence-corrected chi connectivity index (χ2v) is 7.07. The molecule has 7 nitrogen and oxygen atoms in total. The zero-order chi connectivity index (χ0) is 19.8. The van der Waals surface area contributed by atoms with E-state index in [0.717, 1.165) is 22.9 Å². The molecular formula is C19H17ClN4O3S. The summed E-state index contributed by atoms with van der Waals surface area (Å²) in [6.45, 7) is 0.325. The minimum atomic E-state index is -0.300. The minimum Gasteiger partial charge on any atom is -0.411 e. The molecule has 2 amide bonds. The third-order valence-electron chi connectivity index (χ3n) is 3.60. The Balaban J connectivity index is 1.38. The minimum absolute atomic E-state index is 0.0637. The predicted molar refractivity (Wildman–Crippen MR) is 107 cm³/mol. The molecule has 9 heteroatoms.